The molecule has 8 heteroatoms. The van der Waals surface area contributed by atoms with Gasteiger partial charge in [0.25, 0.3) is 0 Å². The normalized spacial score (nSPS) is 20.5. The van der Waals surface area contributed by atoms with E-state index in [1.807, 2.05) is 0 Å². The Kier molecular flexibility index (Phi) is 6.50. The molecule has 0 aliphatic heterocycles. The maximum atomic E-state index is 12.9. The van der Waals surface area contributed by atoms with Crippen molar-refractivity contribution in [3.05, 3.63) is 29.8 Å². The third kappa shape index (κ3) is 5.64. The quantitative estimate of drug-likeness (QED) is 0.829. The maximum absolute atomic E-state index is 12.9. The molecule has 0 aromatic heterocycles. The summed E-state index contributed by atoms with van der Waals surface area (Å²) >= 11 is 0. The molecule has 1 fully saturated rings. The van der Waals surface area contributed by atoms with Crippen LogP contribution in [0.15, 0.2) is 24.3 Å². The predicted molar refractivity (Wildman–Crippen MR) is 87.5 cm³/mol. The highest BCUT2D eigenvalue weighted by Gasteiger charge is 2.43. The molecular formula is C18H22F3NO4. The summed E-state index contributed by atoms with van der Waals surface area (Å²) in [5, 5.41) is 8.56. The SMILES string of the molecule is CN(Cc1ccc(OCC(=O)O)cc1)C(=O)C1CCCC(C(F)(F)F)C1. The van der Waals surface area contributed by atoms with Gasteiger partial charge in [0.1, 0.15) is 5.75 Å². The molecule has 5 nitrogen and oxygen atoms in total. The van der Waals surface area contributed by atoms with Crippen LogP contribution in [0.2, 0.25) is 0 Å². The van der Waals surface area contributed by atoms with Crippen LogP contribution in [-0.2, 0) is 16.1 Å². The number of carbonyl (C=O) groups is 2. The summed E-state index contributed by atoms with van der Waals surface area (Å²) in [4.78, 5) is 24.4. The Balaban J connectivity index is 1.91. The van der Waals surface area contributed by atoms with E-state index in [4.69, 9.17) is 9.84 Å². The third-order valence-corrected chi connectivity index (χ3v) is 4.57. The zero-order chi connectivity index (χ0) is 19.3. The largest absolute Gasteiger partial charge is 0.482 e. The van der Waals surface area contributed by atoms with Gasteiger partial charge in [0.05, 0.1) is 5.92 Å². The Morgan fingerprint density at radius 2 is 1.88 bits per heavy atom. The minimum Gasteiger partial charge on any atom is -0.482 e. The molecule has 1 aromatic carbocycles. The topological polar surface area (TPSA) is 66.8 Å². The highest BCUT2D eigenvalue weighted by molar-refractivity contribution is 5.78. The molecule has 1 aromatic rings. The van der Waals surface area contributed by atoms with Gasteiger partial charge in [0, 0.05) is 19.5 Å². The number of benzene rings is 1. The molecule has 1 amide bonds. The first-order chi connectivity index (χ1) is 12.2. The summed E-state index contributed by atoms with van der Waals surface area (Å²) in [6.07, 6.45) is -3.41. The van der Waals surface area contributed by atoms with E-state index >= 15 is 0 Å². The molecule has 0 radical (unpaired) electrons. The molecule has 144 valence electrons. The second-order valence-corrected chi connectivity index (χ2v) is 6.62. The van der Waals surface area contributed by atoms with Gasteiger partial charge in [-0.1, -0.05) is 18.6 Å². The number of hydrogen-bond donors (Lipinski definition) is 1. The molecule has 2 rings (SSSR count). The highest BCUT2D eigenvalue weighted by Crippen LogP contribution is 2.40. The van der Waals surface area contributed by atoms with Crippen LogP contribution in [0.1, 0.15) is 31.2 Å². The van der Waals surface area contributed by atoms with Crippen molar-refractivity contribution in [1.29, 1.82) is 0 Å². The number of aliphatic carboxylic acids is 1. The fraction of sp³-hybridized carbons (Fsp3) is 0.556. The fourth-order valence-electron chi connectivity index (χ4n) is 3.21. The monoisotopic (exact) mass is 373 g/mol. The van der Waals surface area contributed by atoms with Gasteiger partial charge in [0.15, 0.2) is 6.61 Å². The van der Waals surface area contributed by atoms with Gasteiger partial charge in [-0.05, 0) is 37.0 Å². The van der Waals surface area contributed by atoms with E-state index in [9.17, 15) is 22.8 Å². The molecule has 2 atom stereocenters. The molecule has 1 aliphatic carbocycles. The maximum Gasteiger partial charge on any atom is 0.391 e. The van der Waals surface area contributed by atoms with Gasteiger partial charge < -0.3 is 14.7 Å². The van der Waals surface area contributed by atoms with Gasteiger partial charge in [-0.25, -0.2) is 4.79 Å². The Bertz CT molecular complexity index is 630. The first-order valence-corrected chi connectivity index (χ1v) is 8.42. The average molecular weight is 373 g/mol. The molecule has 1 aliphatic rings. The summed E-state index contributed by atoms with van der Waals surface area (Å²) in [5.41, 5.74) is 0.784. The van der Waals surface area contributed by atoms with E-state index in [1.54, 1.807) is 31.3 Å². The first-order valence-electron chi connectivity index (χ1n) is 8.42. The van der Waals surface area contributed by atoms with Crippen molar-refractivity contribution < 1.29 is 32.6 Å². The number of rotatable bonds is 6. The Morgan fingerprint density at radius 1 is 1.23 bits per heavy atom. The minimum absolute atomic E-state index is 0.0921. The van der Waals surface area contributed by atoms with Crippen LogP contribution in [0.3, 0.4) is 0 Å². The summed E-state index contributed by atoms with van der Waals surface area (Å²) in [5.74, 6) is -2.96. The molecule has 2 unspecified atom stereocenters. The number of alkyl halides is 3. The van der Waals surface area contributed by atoms with Gasteiger partial charge in [0.2, 0.25) is 5.91 Å². The number of amides is 1. The summed E-state index contributed by atoms with van der Waals surface area (Å²) in [7, 11) is 1.58. The van der Waals surface area contributed by atoms with Crippen molar-refractivity contribution >= 4 is 11.9 Å². The zero-order valence-corrected chi connectivity index (χ0v) is 14.5. The minimum atomic E-state index is -4.25. The molecule has 0 bridgehead atoms. The highest BCUT2D eigenvalue weighted by atomic mass is 19.4. The van der Waals surface area contributed by atoms with Gasteiger partial charge in [-0.2, -0.15) is 13.2 Å². The molecule has 0 heterocycles. The smallest absolute Gasteiger partial charge is 0.391 e. The summed E-state index contributed by atoms with van der Waals surface area (Å²) in [6, 6.07) is 6.58. The number of nitrogens with zero attached hydrogens (tertiary/aromatic N) is 1. The Morgan fingerprint density at radius 3 is 2.46 bits per heavy atom. The lowest BCUT2D eigenvalue weighted by atomic mass is 9.80. The number of ether oxygens (including phenoxy) is 1. The van der Waals surface area contributed by atoms with E-state index in [-0.39, 0.29) is 25.3 Å². The third-order valence-electron chi connectivity index (χ3n) is 4.57. The number of carboxylic acids is 1. The van der Waals surface area contributed by atoms with Crippen molar-refractivity contribution in [3.8, 4) is 5.75 Å². The van der Waals surface area contributed by atoms with Crippen LogP contribution >= 0.6 is 0 Å². The Hall–Kier alpha value is -2.25. The number of carbonyl (C=O) groups excluding carboxylic acids is 1. The van der Waals surface area contributed by atoms with Crippen LogP contribution in [0, 0.1) is 11.8 Å². The summed E-state index contributed by atoms with van der Waals surface area (Å²) in [6.45, 7) is -0.176. The van der Waals surface area contributed by atoms with Crippen LogP contribution in [0.5, 0.6) is 5.75 Å². The van der Waals surface area contributed by atoms with E-state index in [2.05, 4.69) is 0 Å². The molecular weight excluding hydrogens is 351 g/mol. The van der Waals surface area contributed by atoms with E-state index < -0.39 is 30.6 Å². The number of hydrogen-bond acceptors (Lipinski definition) is 3. The van der Waals surface area contributed by atoms with Crippen LogP contribution in [0.4, 0.5) is 13.2 Å². The molecule has 0 saturated heterocycles. The zero-order valence-electron chi connectivity index (χ0n) is 14.5. The second-order valence-electron chi connectivity index (χ2n) is 6.62. The number of carboxylic acid groups (broad SMARTS) is 1. The van der Waals surface area contributed by atoms with Crippen LogP contribution in [-0.4, -0.2) is 41.7 Å². The molecule has 1 N–H and O–H groups in total. The first kappa shape index (κ1) is 20.1. The lowest BCUT2D eigenvalue weighted by molar-refractivity contribution is -0.187. The van der Waals surface area contributed by atoms with Gasteiger partial charge in [-0.3, -0.25) is 4.79 Å². The van der Waals surface area contributed by atoms with Gasteiger partial charge >= 0.3 is 12.1 Å². The number of halogens is 3. The van der Waals surface area contributed by atoms with Gasteiger partial charge in [-0.15, -0.1) is 0 Å². The van der Waals surface area contributed by atoms with E-state index in [0.29, 0.717) is 18.6 Å². The fourth-order valence-corrected chi connectivity index (χ4v) is 3.21. The van der Waals surface area contributed by atoms with Crippen molar-refractivity contribution in [3.63, 3.8) is 0 Å². The lowest BCUT2D eigenvalue weighted by Crippen LogP contribution is -2.38. The molecule has 1 saturated carbocycles. The van der Waals surface area contributed by atoms with E-state index in [0.717, 1.165) is 5.56 Å². The standard InChI is InChI=1S/C18H22F3NO4/c1-22(10-12-5-7-15(8-6-12)26-11-16(23)24)17(25)13-3-2-4-14(9-13)18(19,20)21/h5-8,13-14H,2-4,9-11H2,1H3,(H,23,24). The molecule has 0 spiro atoms. The van der Waals surface area contributed by atoms with Crippen molar-refractivity contribution in [2.24, 2.45) is 11.8 Å². The van der Waals surface area contributed by atoms with Crippen molar-refractivity contribution in [2.75, 3.05) is 13.7 Å². The van der Waals surface area contributed by atoms with E-state index in [1.165, 1.54) is 4.90 Å². The molecule has 26 heavy (non-hydrogen) atoms. The Labute approximate surface area is 149 Å². The van der Waals surface area contributed by atoms with Crippen molar-refractivity contribution in [1.82, 2.24) is 4.90 Å². The van der Waals surface area contributed by atoms with Crippen molar-refractivity contribution in [2.45, 2.75) is 38.4 Å². The van der Waals surface area contributed by atoms with Crippen LogP contribution < -0.4 is 4.74 Å². The van der Waals surface area contributed by atoms with Crippen LogP contribution in [0.25, 0.3) is 0 Å². The lowest BCUT2D eigenvalue weighted by Gasteiger charge is -2.32. The summed E-state index contributed by atoms with van der Waals surface area (Å²) < 4.78 is 43.7. The predicted octanol–water partition coefficient (Wildman–Crippen LogP) is 3.48. The second kappa shape index (κ2) is 8.42. The average Bonchev–Trinajstić information content (AvgIpc) is 2.59.